The number of sulfonamides is 1. The van der Waals surface area contributed by atoms with Gasteiger partial charge in [-0.1, -0.05) is 6.42 Å². The Morgan fingerprint density at radius 3 is 2.54 bits per heavy atom. The SMILES string of the molecule is O=c1[nH]c2ccc(S(=O)(=O)N3CCC(N4CCCCC4)C3)cc2[nH]1. The van der Waals surface area contributed by atoms with Gasteiger partial charge in [0.15, 0.2) is 0 Å². The number of piperidine rings is 1. The highest BCUT2D eigenvalue weighted by Gasteiger charge is 2.35. The summed E-state index contributed by atoms with van der Waals surface area (Å²) in [6.45, 7) is 3.28. The van der Waals surface area contributed by atoms with Gasteiger partial charge in [-0.15, -0.1) is 0 Å². The summed E-state index contributed by atoms with van der Waals surface area (Å²) in [5.41, 5.74) is 0.810. The van der Waals surface area contributed by atoms with E-state index in [-0.39, 0.29) is 10.6 Å². The number of imidazole rings is 1. The highest BCUT2D eigenvalue weighted by molar-refractivity contribution is 7.89. The number of fused-ring (bicyclic) bond motifs is 1. The number of benzene rings is 1. The number of nitrogens with one attached hydrogen (secondary N) is 2. The van der Waals surface area contributed by atoms with Gasteiger partial charge in [-0.3, -0.25) is 4.90 Å². The van der Waals surface area contributed by atoms with Gasteiger partial charge < -0.3 is 9.97 Å². The van der Waals surface area contributed by atoms with Gasteiger partial charge >= 0.3 is 5.69 Å². The molecule has 2 fully saturated rings. The molecular weight excluding hydrogens is 328 g/mol. The lowest BCUT2D eigenvalue weighted by molar-refractivity contribution is 0.169. The Kier molecular flexibility index (Phi) is 3.98. The fourth-order valence-electron chi connectivity index (χ4n) is 3.83. The first-order valence-electron chi connectivity index (χ1n) is 8.50. The van der Waals surface area contributed by atoms with Crippen molar-refractivity contribution in [2.24, 2.45) is 0 Å². The molecule has 2 saturated heterocycles. The number of nitrogens with zero attached hydrogens (tertiary/aromatic N) is 2. The van der Waals surface area contributed by atoms with Crippen molar-refractivity contribution in [2.45, 2.75) is 36.6 Å². The van der Waals surface area contributed by atoms with Gasteiger partial charge in [0.1, 0.15) is 0 Å². The summed E-state index contributed by atoms with van der Waals surface area (Å²) >= 11 is 0. The first-order chi connectivity index (χ1) is 11.5. The summed E-state index contributed by atoms with van der Waals surface area (Å²) in [7, 11) is -3.52. The molecule has 8 heteroatoms. The van der Waals surface area contributed by atoms with Crippen molar-refractivity contribution in [3.63, 3.8) is 0 Å². The molecule has 2 aliphatic rings. The Labute approximate surface area is 140 Å². The standard InChI is InChI=1S/C16H22N4O3S/c21-16-17-14-5-4-13(10-15(14)18-16)24(22,23)20-9-6-12(11-20)19-7-2-1-3-8-19/h4-5,10,12H,1-3,6-9,11H2,(H2,17,18,21). The highest BCUT2D eigenvalue weighted by atomic mass is 32.2. The highest BCUT2D eigenvalue weighted by Crippen LogP contribution is 2.26. The molecule has 130 valence electrons. The van der Waals surface area contributed by atoms with Crippen molar-refractivity contribution >= 4 is 21.1 Å². The normalized spacial score (nSPS) is 23.9. The van der Waals surface area contributed by atoms with Gasteiger partial charge in [-0.2, -0.15) is 4.31 Å². The van der Waals surface area contributed by atoms with Crippen molar-refractivity contribution in [2.75, 3.05) is 26.2 Å². The fourth-order valence-corrected chi connectivity index (χ4v) is 5.35. The molecule has 0 saturated carbocycles. The smallest absolute Gasteiger partial charge is 0.306 e. The van der Waals surface area contributed by atoms with Crippen molar-refractivity contribution in [1.29, 1.82) is 0 Å². The van der Waals surface area contributed by atoms with Crippen LogP contribution in [0, 0.1) is 0 Å². The molecule has 1 aromatic heterocycles. The third-order valence-corrected chi connectivity index (χ3v) is 7.02. The molecule has 0 spiro atoms. The Hall–Kier alpha value is -1.64. The topological polar surface area (TPSA) is 89.3 Å². The summed E-state index contributed by atoms with van der Waals surface area (Å²) in [5, 5.41) is 0. The van der Waals surface area contributed by atoms with Crippen LogP contribution >= 0.6 is 0 Å². The minimum atomic E-state index is -3.52. The molecule has 2 N–H and O–H groups in total. The lowest BCUT2D eigenvalue weighted by atomic mass is 10.1. The molecule has 0 bridgehead atoms. The van der Waals surface area contributed by atoms with Gasteiger partial charge in [-0.25, -0.2) is 13.2 Å². The largest absolute Gasteiger partial charge is 0.323 e. The maximum absolute atomic E-state index is 12.9. The van der Waals surface area contributed by atoms with E-state index in [0.717, 1.165) is 19.5 Å². The van der Waals surface area contributed by atoms with E-state index in [1.807, 2.05) is 0 Å². The molecule has 1 unspecified atom stereocenters. The van der Waals surface area contributed by atoms with Crippen molar-refractivity contribution in [3.8, 4) is 0 Å². The number of hydrogen-bond donors (Lipinski definition) is 2. The lowest BCUT2D eigenvalue weighted by Crippen LogP contribution is -2.41. The molecule has 4 rings (SSSR count). The summed E-state index contributed by atoms with van der Waals surface area (Å²) in [6.07, 6.45) is 4.59. The predicted octanol–water partition coefficient (Wildman–Crippen LogP) is 1.11. The van der Waals surface area contributed by atoms with E-state index in [2.05, 4.69) is 14.9 Å². The zero-order chi connectivity index (χ0) is 16.7. The molecule has 1 atom stereocenters. The molecule has 0 radical (unpaired) electrons. The Morgan fingerprint density at radius 1 is 1.00 bits per heavy atom. The third kappa shape index (κ3) is 2.78. The number of aromatic nitrogens is 2. The second-order valence-corrected chi connectivity index (χ2v) is 8.63. The molecule has 2 aliphatic heterocycles. The average molecular weight is 350 g/mol. The van der Waals surface area contributed by atoms with Crippen LogP contribution in [-0.4, -0.2) is 59.8 Å². The van der Waals surface area contributed by atoms with Crippen molar-refractivity contribution < 1.29 is 8.42 Å². The number of rotatable bonds is 3. The van der Waals surface area contributed by atoms with Gasteiger partial charge in [0.2, 0.25) is 10.0 Å². The summed E-state index contributed by atoms with van der Waals surface area (Å²) in [4.78, 5) is 19.3. The van der Waals surface area contributed by atoms with E-state index in [9.17, 15) is 13.2 Å². The van der Waals surface area contributed by atoms with Crippen LogP contribution in [0.25, 0.3) is 11.0 Å². The Morgan fingerprint density at radius 2 is 1.75 bits per heavy atom. The number of H-pyrrole nitrogens is 2. The zero-order valence-corrected chi connectivity index (χ0v) is 14.3. The van der Waals surface area contributed by atoms with Crippen LogP contribution in [0.15, 0.2) is 27.9 Å². The quantitative estimate of drug-likeness (QED) is 0.868. The van der Waals surface area contributed by atoms with Gasteiger partial charge in [0.25, 0.3) is 0 Å². The number of aromatic amines is 2. The first kappa shape index (κ1) is 15.9. The molecule has 0 amide bonds. The van der Waals surface area contributed by atoms with Crippen molar-refractivity contribution in [3.05, 3.63) is 28.7 Å². The molecular formula is C16H22N4O3S. The minimum Gasteiger partial charge on any atom is -0.306 e. The van der Waals surface area contributed by atoms with Crippen LogP contribution < -0.4 is 5.69 Å². The van der Waals surface area contributed by atoms with E-state index in [4.69, 9.17) is 0 Å². The van der Waals surface area contributed by atoms with Crippen molar-refractivity contribution in [1.82, 2.24) is 19.2 Å². The van der Waals surface area contributed by atoms with Gasteiger partial charge in [-0.05, 0) is 50.6 Å². The first-order valence-corrected chi connectivity index (χ1v) is 9.94. The van der Waals surface area contributed by atoms with Crippen LogP contribution in [0.1, 0.15) is 25.7 Å². The molecule has 0 aliphatic carbocycles. The second kappa shape index (κ2) is 6.02. The Balaban J connectivity index is 1.56. The number of hydrogen-bond acceptors (Lipinski definition) is 4. The second-order valence-electron chi connectivity index (χ2n) is 6.69. The lowest BCUT2D eigenvalue weighted by Gasteiger charge is -2.32. The van der Waals surface area contributed by atoms with Crippen LogP contribution in [0.2, 0.25) is 0 Å². The maximum Gasteiger partial charge on any atom is 0.323 e. The van der Waals surface area contributed by atoms with Gasteiger partial charge in [0, 0.05) is 19.1 Å². The molecule has 24 heavy (non-hydrogen) atoms. The van der Waals surface area contributed by atoms with Crippen LogP contribution in [0.4, 0.5) is 0 Å². The third-order valence-electron chi connectivity index (χ3n) is 5.16. The molecule has 7 nitrogen and oxygen atoms in total. The molecule has 3 heterocycles. The van der Waals surface area contributed by atoms with E-state index in [0.29, 0.717) is 30.2 Å². The summed E-state index contributed by atoms with van der Waals surface area (Å²) in [6, 6.07) is 5.07. The zero-order valence-electron chi connectivity index (χ0n) is 13.5. The predicted molar refractivity (Wildman–Crippen MR) is 91.5 cm³/mol. The molecule has 1 aromatic carbocycles. The summed E-state index contributed by atoms with van der Waals surface area (Å²) in [5.74, 6) is 0. The maximum atomic E-state index is 12.9. The Bertz CT molecular complexity index is 895. The molecule has 2 aromatic rings. The number of likely N-dealkylation sites (tertiary alicyclic amines) is 1. The van der Waals surface area contributed by atoms with E-state index < -0.39 is 10.0 Å². The van der Waals surface area contributed by atoms with Crippen LogP contribution in [0.3, 0.4) is 0 Å². The van der Waals surface area contributed by atoms with Crippen LogP contribution in [-0.2, 0) is 10.0 Å². The van der Waals surface area contributed by atoms with Gasteiger partial charge in [0.05, 0.1) is 15.9 Å². The fraction of sp³-hybridized carbons (Fsp3) is 0.562. The average Bonchev–Trinajstić information content (AvgIpc) is 3.21. The minimum absolute atomic E-state index is 0.240. The van der Waals surface area contributed by atoms with Crippen LogP contribution in [0.5, 0.6) is 0 Å². The van der Waals surface area contributed by atoms with E-state index in [1.54, 1.807) is 16.4 Å². The monoisotopic (exact) mass is 350 g/mol. The summed E-state index contributed by atoms with van der Waals surface area (Å²) < 4.78 is 27.4. The van der Waals surface area contributed by atoms with E-state index in [1.165, 1.54) is 25.3 Å². The van der Waals surface area contributed by atoms with E-state index >= 15 is 0 Å².